The summed E-state index contributed by atoms with van der Waals surface area (Å²) in [4.78, 5) is 28.0. The molecule has 122 valence electrons. The zero-order valence-corrected chi connectivity index (χ0v) is 13.7. The lowest BCUT2D eigenvalue weighted by Crippen LogP contribution is -2.58. The van der Waals surface area contributed by atoms with Gasteiger partial charge in [-0.25, -0.2) is 0 Å². The van der Waals surface area contributed by atoms with Crippen molar-refractivity contribution in [3.05, 3.63) is 17.0 Å². The molecule has 1 atom stereocenters. The van der Waals surface area contributed by atoms with Crippen molar-refractivity contribution in [1.82, 2.24) is 20.3 Å². The van der Waals surface area contributed by atoms with Crippen LogP contribution in [0.15, 0.2) is 4.52 Å². The van der Waals surface area contributed by atoms with Crippen LogP contribution in [0.1, 0.15) is 23.4 Å². The van der Waals surface area contributed by atoms with Crippen LogP contribution in [0.2, 0.25) is 0 Å². The van der Waals surface area contributed by atoms with Gasteiger partial charge in [0.1, 0.15) is 11.8 Å². The first-order chi connectivity index (χ1) is 10.4. The van der Waals surface area contributed by atoms with Crippen LogP contribution in [0.25, 0.3) is 0 Å². The summed E-state index contributed by atoms with van der Waals surface area (Å²) >= 11 is 0. The van der Waals surface area contributed by atoms with Crippen molar-refractivity contribution in [3.8, 4) is 0 Å². The Kier molecular flexibility index (Phi) is 5.18. The number of rotatable bonds is 4. The van der Waals surface area contributed by atoms with E-state index in [0.29, 0.717) is 32.5 Å². The van der Waals surface area contributed by atoms with Crippen LogP contribution in [0.3, 0.4) is 0 Å². The standard InChI is InChI=1S/C15H24N4O3/c1-10-12(11(2)22-17-10)5-6-14(20)19-8-7-18(4)13(9-19)15(21)16-3/h13H,5-9H2,1-4H3,(H,16,21)/t13-/m0/s1. The zero-order valence-electron chi connectivity index (χ0n) is 13.7. The lowest BCUT2D eigenvalue weighted by Gasteiger charge is -2.38. The monoisotopic (exact) mass is 308 g/mol. The number of aryl methyl sites for hydroxylation is 2. The van der Waals surface area contributed by atoms with Crippen molar-refractivity contribution >= 4 is 11.8 Å². The highest BCUT2D eigenvalue weighted by Gasteiger charge is 2.31. The summed E-state index contributed by atoms with van der Waals surface area (Å²) in [5.41, 5.74) is 1.84. The molecule has 0 radical (unpaired) electrons. The Morgan fingerprint density at radius 1 is 1.36 bits per heavy atom. The minimum absolute atomic E-state index is 0.0503. The Balaban J connectivity index is 1.94. The molecule has 1 aromatic heterocycles. The van der Waals surface area contributed by atoms with Crippen LogP contribution >= 0.6 is 0 Å². The largest absolute Gasteiger partial charge is 0.361 e. The number of piperazine rings is 1. The predicted octanol–water partition coefficient (Wildman–Crippen LogP) is 0.113. The fourth-order valence-corrected chi connectivity index (χ4v) is 2.80. The Hall–Kier alpha value is -1.89. The maximum Gasteiger partial charge on any atom is 0.238 e. The van der Waals surface area contributed by atoms with E-state index in [0.717, 1.165) is 17.0 Å². The van der Waals surface area contributed by atoms with Crippen LogP contribution in [-0.2, 0) is 16.0 Å². The molecule has 1 aliphatic rings. The maximum absolute atomic E-state index is 12.4. The van der Waals surface area contributed by atoms with Crippen LogP contribution in [0.5, 0.6) is 0 Å². The van der Waals surface area contributed by atoms with Crippen molar-refractivity contribution in [2.24, 2.45) is 0 Å². The van der Waals surface area contributed by atoms with Gasteiger partial charge in [-0.3, -0.25) is 14.5 Å². The van der Waals surface area contributed by atoms with Crippen molar-refractivity contribution in [3.63, 3.8) is 0 Å². The van der Waals surface area contributed by atoms with E-state index >= 15 is 0 Å². The molecule has 0 spiro atoms. The quantitative estimate of drug-likeness (QED) is 0.854. The molecule has 7 nitrogen and oxygen atoms in total. The SMILES string of the molecule is CNC(=O)[C@@H]1CN(C(=O)CCc2c(C)noc2C)CCN1C. The third-order valence-corrected chi connectivity index (χ3v) is 4.32. The third-order valence-electron chi connectivity index (χ3n) is 4.32. The fourth-order valence-electron chi connectivity index (χ4n) is 2.80. The summed E-state index contributed by atoms with van der Waals surface area (Å²) in [6.45, 7) is 5.54. The summed E-state index contributed by atoms with van der Waals surface area (Å²) in [5.74, 6) is 0.791. The van der Waals surface area contributed by atoms with E-state index < -0.39 is 0 Å². The van der Waals surface area contributed by atoms with Gasteiger partial charge in [0, 0.05) is 38.7 Å². The number of hydrogen-bond donors (Lipinski definition) is 1. The average molecular weight is 308 g/mol. The Morgan fingerprint density at radius 3 is 2.68 bits per heavy atom. The van der Waals surface area contributed by atoms with Crippen LogP contribution in [0.4, 0.5) is 0 Å². The minimum atomic E-state index is -0.276. The molecule has 7 heteroatoms. The van der Waals surface area contributed by atoms with E-state index in [-0.39, 0.29) is 17.9 Å². The minimum Gasteiger partial charge on any atom is -0.361 e. The smallest absolute Gasteiger partial charge is 0.238 e. The van der Waals surface area contributed by atoms with Gasteiger partial charge < -0.3 is 14.7 Å². The summed E-state index contributed by atoms with van der Waals surface area (Å²) in [6.07, 6.45) is 1.03. The van der Waals surface area contributed by atoms with Crippen molar-refractivity contribution in [2.45, 2.75) is 32.7 Å². The van der Waals surface area contributed by atoms with Gasteiger partial charge in [-0.1, -0.05) is 5.16 Å². The van der Waals surface area contributed by atoms with Gasteiger partial charge in [-0.2, -0.15) is 0 Å². The van der Waals surface area contributed by atoms with Gasteiger partial charge >= 0.3 is 0 Å². The highest BCUT2D eigenvalue weighted by atomic mass is 16.5. The molecular formula is C15H24N4O3. The molecular weight excluding hydrogens is 284 g/mol. The number of carbonyl (C=O) groups is 2. The topological polar surface area (TPSA) is 78.7 Å². The van der Waals surface area contributed by atoms with E-state index in [1.165, 1.54) is 0 Å². The molecule has 0 saturated carbocycles. The first kappa shape index (κ1) is 16.5. The normalized spacial score (nSPS) is 19.3. The molecule has 0 bridgehead atoms. The Morgan fingerprint density at radius 2 is 2.09 bits per heavy atom. The number of nitrogens with zero attached hydrogens (tertiary/aromatic N) is 3. The fraction of sp³-hybridized carbons (Fsp3) is 0.667. The second kappa shape index (κ2) is 6.91. The van der Waals surface area contributed by atoms with Gasteiger partial charge in [-0.05, 0) is 27.3 Å². The highest BCUT2D eigenvalue weighted by Crippen LogP contribution is 2.16. The predicted molar refractivity (Wildman–Crippen MR) is 81.4 cm³/mol. The molecule has 22 heavy (non-hydrogen) atoms. The number of aromatic nitrogens is 1. The van der Waals surface area contributed by atoms with Crippen molar-refractivity contribution < 1.29 is 14.1 Å². The Bertz CT molecular complexity index is 535. The van der Waals surface area contributed by atoms with Gasteiger partial charge in [0.2, 0.25) is 11.8 Å². The summed E-state index contributed by atoms with van der Waals surface area (Å²) < 4.78 is 5.12. The van der Waals surface area contributed by atoms with Crippen LogP contribution in [-0.4, -0.2) is 66.5 Å². The van der Waals surface area contributed by atoms with Gasteiger partial charge in [0.15, 0.2) is 0 Å². The van der Waals surface area contributed by atoms with E-state index in [2.05, 4.69) is 10.5 Å². The van der Waals surface area contributed by atoms with Crippen LogP contribution in [0, 0.1) is 13.8 Å². The van der Waals surface area contributed by atoms with Crippen molar-refractivity contribution in [1.29, 1.82) is 0 Å². The molecule has 0 aliphatic carbocycles. The number of likely N-dealkylation sites (N-methyl/N-ethyl adjacent to an activating group) is 2. The third kappa shape index (κ3) is 3.47. The lowest BCUT2D eigenvalue weighted by atomic mass is 10.1. The second-order valence-electron chi connectivity index (χ2n) is 5.75. The molecule has 2 rings (SSSR count). The van der Waals surface area contributed by atoms with Crippen molar-refractivity contribution in [2.75, 3.05) is 33.7 Å². The molecule has 1 N–H and O–H groups in total. The molecule has 1 fully saturated rings. The van der Waals surface area contributed by atoms with Gasteiger partial charge in [0.25, 0.3) is 0 Å². The van der Waals surface area contributed by atoms with Gasteiger partial charge in [-0.15, -0.1) is 0 Å². The molecule has 0 unspecified atom stereocenters. The van der Waals surface area contributed by atoms with E-state index in [4.69, 9.17) is 4.52 Å². The van der Waals surface area contributed by atoms with Crippen LogP contribution < -0.4 is 5.32 Å². The van der Waals surface area contributed by atoms with E-state index in [9.17, 15) is 9.59 Å². The zero-order chi connectivity index (χ0) is 16.3. The summed E-state index contributed by atoms with van der Waals surface area (Å²) in [7, 11) is 3.53. The molecule has 0 aromatic carbocycles. The Labute approximate surface area is 130 Å². The number of carbonyl (C=O) groups excluding carboxylic acids is 2. The van der Waals surface area contributed by atoms with E-state index in [1.54, 1.807) is 11.9 Å². The number of amides is 2. The number of hydrogen-bond acceptors (Lipinski definition) is 5. The first-order valence-electron chi connectivity index (χ1n) is 7.55. The molecule has 2 amide bonds. The molecule has 2 heterocycles. The number of nitrogens with one attached hydrogen (secondary N) is 1. The summed E-state index contributed by atoms with van der Waals surface area (Å²) in [5, 5.41) is 6.56. The van der Waals surface area contributed by atoms with Gasteiger partial charge in [0.05, 0.1) is 5.69 Å². The van der Waals surface area contributed by atoms with E-state index in [1.807, 2.05) is 25.8 Å². The lowest BCUT2D eigenvalue weighted by molar-refractivity contribution is -0.137. The first-order valence-corrected chi connectivity index (χ1v) is 7.55. The summed E-state index contributed by atoms with van der Waals surface area (Å²) in [6, 6.07) is -0.276. The highest BCUT2D eigenvalue weighted by molar-refractivity contribution is 5.83. The second-order valence-corrected chi connectivity index (χ2v) is 5.75. The maximum atomic E-state index is 12.4. The molecule has 1 aromatic rings. The molecule has 1 aliphatic heterocycles. The average Bonchev–Trinajstić information content (AvgIpc) is 2.83. The molecule has 1 saturated heterocycles.